The fourth-order valence-corrected chi connectivity index (χ4v) is 5.78. The summed E-state index contributed by atoms with van der Waals surface area (Å²) in [6.45, 7) is 1.90. The monoisotopic (exact) mass is 438 g/mol. The molecule has 0 aliphatic carbocycles. The lowest BCUT2D eigenvalue weighted by atomic mass is 9.92. The van der Waals surface area contributed by atoms with E-state index in [0.29, 0.717) is 17.1 Å². The van der Waals surface area contributed by atoms with E-state index in [4.69, 9.17) is 0 Å². The van der Waals surface area contributed by atoms with Crippen molar-refractivity contribution < 1.29 is 9.59 Å². The molecule has 0 saturated heterocycles. The highest BCUT2D eigenvalue weighted by Gasteiger charge is 2.38. The molecule has 4 heterocycles. The van der Waals surface area contributed by atoms with Gasteiger partial charge in [0.2, 0.25) is 0 Å². The lowest BCUT2D eigenvalue weighted by molar-refractivity contribution is -0.122. The van der Waals surface area contributed by atoms with E-state index in [-0.39, 0.29) is 11.8 Å². The predicted octanol–water partition coefficient (Wildman–Crippen LogP) is 3.43. The van der Waals surface area contributed by atoms with Crippen LogP contribution in [0, 0.1) is 5.92 Å². The van der Waals surface area contributed by atoms with Crippen LogP contribution in [0.2, 0.25) is 0 Å². The van der Waals surface area contributed by atoms with Gasteiger partial charge in [-0.2, -0.15) is 0 Å². The summed E-state index contributed by atoms with van der Waals surface area (Å²) in [7, 11) is 6.16. The average Bonchev–Trinajstić information content (AvgIpc) is 3.49. The van der Waals surface area contributed by atoms with E-state index in [2.05, 4.69) is 41.0 Å². The number of nitrogens with zero attached hydrogens (tertiary/aromatic N) is 3. The van der Waals surface area contributed by atoms with Crippen molar-refractivity contribution in [2.24, 2.45) is 13.0 Å². The second-order valence-electron chi connectivity index (χ2n) is 9.49. The first-order valence-corrected chi connectivity index (χ1v) is 11.3. The summed E-state index contributed by atoms with van der Waals surface area (Å²) in [5, 5.41) is 4.61. The number of amides is 2. The quantitative estimate of drug-likeness (QED) is 0.497. The summed E-state index contributed by atoms with van der Waals surface area (Å²) in [6, 6.07) is 16.2. The molecule has 2 aliphatic heterocycles. The third-order valence-corrected chi connectivity index (χ3v) is 6.97. The number of fused-ring (bicyclic) bond motifs is 4. The predicted molar refractivity (Wildman–Crippen MR) is 131 cm³/mol. The van der Waals surface area contributed by atoms with E-state index in [1.165, 1.54) is 0 Å². The molecule has 0 fully saturated rings. The van der Waals surface area contributed by atoms with Crippen LogP contribution in [0.15, 0.2) is 54.7 Å². The van der Waals surface area contributed by atoms with Crippen LogP contribution >= 0.6 is 0 Å². The SMILES string of the molecule is CN(C)CC1Cc2c(C3=C(c4cn(C)c5ccccc45)C(=O)NC3=O)c3ccccc3n2C1. The summed E-state index contributed by atoms with van der Waals surface area (Å²) in [4.78, 5) is 28.7. The Hall–Kier alpha value is -3.64. The second kappa shape index (κ2) is 7.18. The average molecular weight is 439 g/mol. The molecule has 0 radical (unpaired) electrons. The third kappa shape index (κ3) is 2.91. The van der Waals surface area contributed by atoms with Gasteiger partial charge in [-0.05, 0) is 38.6 Å². The number of carbonyl (C=O) groups is 2. The Morgan fingerprint density at radius 1 is 0.939 bits per heavy atom. The van der Waals surface area contributed by atoms with E-state index < -0.39 is 0 Å². The van der Waals surface area contributed by atoms with Crippen LogP contribution < -0.4 is 5.32 Å². The van der Waals surface area contributed by atoms with Gasteiger partial charge < -0.3 is 14.0 Å². The molecule has 6 heteroatoms. The van der Waals surface area contributed by atoms with Gasteiger partial charge in [-0.25, -0.2) is 0 Å². The number of imide groups is 1. The van der Waals surface area contributed by atoms with Crippen LogP contribution in [0.5, 0.6) is 0 Å². The molecule has 6 nitrogen and oxygen atoms in total. The second-order valence-corrected chi connectivity index (χ2v) is 9.49. The number of aromatic nitrogens is 2. The zero-order chi connectivity index (χ0) is 22.9. The first-order chi connectivity index (χ1) is 15.9. The third-order valence-electron chi connectivity index (χ3n) is 6.97. The Morgan fingerprint density at radius 2 is 1.61 bits per heavy atom. The Balaban J connectivity index is 1.64. The molecule has 6 rings (SSSR count). The van der Waals surface area contributed by atoms with Crippen molar-refractivity contribution in [3.05, 3.63) is 71.5 Å². The van der Waals surface area contributed by atoms with Crippen LogP contribution in [-0.4, -0.2) is 46.5 Å². The van der Waals surface area contributed by atoms with Crippen molar-refractivity contribution in [2.75, 3.05) is 20.6 Å². The maximum absolute atomic E-state index is 13.3. The highest BCUT2D eigenvalue weighted by molar-refractivity contribution is 6.51. The van der Waals surface area contributed by atoms with E-state index in [1.807, 2.05) is 54.2 Å². The lowest BCUT2D eigenvalue weighted by Gasteiger charge is -2.15. The number of carbonyl (C=O) groups excluding carboxylic acids is 2. The number of para-hydroxylation sites is 2. The van der Waals surface area contributed by atoms with Gasteiger partial charge in [0.05, 0.1) is 11.1 Å². The fourth-order valence-electron chi connectivity index (χ4n) is 5.78. The lowest BCUT2D eigenvalue weighted by Crippen LogP contribution is -2.23. The molecule has 4 aromatic rings. The van der Waals surface area contributed by atoms with E-state index in [9.17, 15) is 9.59 Å². The minimum atomic E-state index is -0.321. The van der Waals surface area contributed by atoms with E-state index >= 15 is 0 Å². The molecule has 0 spiro atoms. The largest absolute Gasteiger partial charge is 0.350 e. The Kier molecular flexibility index (Phi) is 4.35. The van der Waals surface area contributed by atoms with E-state index in [1.54, 1.807) is 0 Å². The summed E-state index contributed by atoms with van der Waals surface area (Å²) in [5.41, 5.74) is 6.01. The number of hydrogen-bond donors (Lipinski definition) is 1. The van der Waals surface area contributed by atoms with E-state index in [0.717, 1.165) is 58.1 Å². The molecule has 0 saturated carbocycles. The number of aryl methyl sites for hydroxylation is 1. The Bertz CT molecular complexity index is 1500. The molecular formula is C27H26N4O2. The normalized spacial score (nSPS) is 18.2. The highest BCUT2D eigenvalue weighted by atomic mass is 16.2. The summed E-state index contributed by atoms with van der Waals surface area (Å²) in [5.74, 6) is -0.156. The molecule has 2 aromatic heterocycles. The van der Waals surface area contributed by atoms with Crippen molar-refractivity contribution in [2.45, 2.75) is 13.0 Å². The fraction of sp³-hybridized carbons (Fsp3) is 0.259. The first-order valence-electron chi connectivity index (χ1n) is 11.3. The Morgan fingerprint density at radius 3 is 2.36 bits per heavy atom. The number of nitrogens with one attached hydrogen (secondary N) is 1. The van der Waals surface area contributed by atoms with Crippen LogP contribution in [0.25, 0.3) is 33.0 Å². The van der Waals surface area contributed by atoms with Crippen molar-refractivity contribution in [1.82, 2.24) is 19.4 Å². The van der Waals surface area contributed by atoms with Crippen LogP contribution in [-0.2, 0) is 29.6 Å². The standard InChI is InChI=1S/C27H26N4O2/c1-29(2)13-16-12-22-23(18-9-5-7-11-21(18)31(22)14-16)25-24(26(32)28-27(25)33)19-15-30(3)20-10-6-4-8-17(19)20/h4-11,15-16H,12-14H2,1-3H3,(H,28,32,33). The van der Waals surface area contributed by atoms with Gasteiger partial charge in [0, 0.05) is 65.0 Å². The van der Waals surface area contributed by atoms with Crippen LogP contribution in [0.1, 0.15) is 16.8 Å². The molecule has 2 aliphatic rings. The summed E-state index contributed by atoms with van der Waals surface area (Å²) >= 11 is 0. The van der Waals surface area contributed by atoms with Gasteiger partial charge in [-0.1, -0.05) is 36.4 Å². The summed E-state index contributed by atoms with van der Waals surface area (Å²) in [6.07, 6.45) is 2.85. The minimum absolute atomic E-state index is 0.307. The molecular weight excluding hydrogens is 412 g/mol. The topological polar surface area (TPSA) is 59.3 Å². The van der Waals surface area contributed by atoms with Gasteiger partial charge in [0.1, 0.15) is 0 Å². The maximum Gasteiger partial charge on any atom is 0.259 e. The maximum atomic E-state index is 13.3. The molecule has 2 aromatic carbocycles. The molecule has 166 valence electrons. The smallest absolute Gasteiger partial charge is 0.259 e. The zero-order valence-corrected chi connectivity index (χ0v) is 19.1. The highest BCUT2D eigenvalue weighted by Crippen LogP contribution is 2.43. The number of benzene rings is 2. The van der Waals surface area contributed by atoms with Crippen molar-refractivity contribution in [3.63, 3.8) is 0 Å². The number of hydrogen-bond acceptors (Lipinski definition) is 3. The molecule has 1 unspecified atom stereocenters. The first kappa shape index (κ1) is 20.0. The van der Waals surface area contributed by atoms with Gasteiger partial charge in [0.25, 0.3) is 11.8 Å². The number of rotatable bonds is 4. The van der Waals surface area contributed by atoms with Crippen molar-refractivity contribution in [1.29, 1.82) is 0 Å². The Labute approximate surface area is 192 Å². The van der Waals surface area contributed by atoms with Gasteiger partial charge in [0.15, 0.2) is 0 Å². The van der Waals surface area contributed by atoms with Crippen LogP contribution in [0.4, 0.5) is 0 Å². The van der Waals surface area contributed by atoms with Gasteiger partial charge >= 0.3 is 0 Å². The van der Waals surface area contributed by atoms with Crippen LogP contribution in [0.3, 0.4) is 0 Å². The van der Waals surface area contributed by atoms with Crippen molar-refractivity contribution >= 4 is 44.8 Å². The van der Waals surface area contributed by atoms with Gasteiger partial charge in [-0.15, -0.1) is 0 Å². The minimum Gasteiger partial charge on any atom is -0.350 e. The zero-order valence-electron chi connectivity index (χ0n) is 19.1. The van der Waals surface area contributed by atoms with Crippen molar-refractivity contribution in [3.8, 4) is 0 Å². The molecule has 33 heavy (non-hydrogen) atoms. The molecule has 1 atom stereocenters. The molecule has 2 amide bonds. The molecule has 1 N–H and O–H groups in total. The molecule has 0 bridgehead atoms. The van der Waals surface area contributed by atoms with Gasteiger partial charge in [-0.3, -0.25) is 14.9 Å². The summed E-state index contributed by atoms with van der Waals surface area (Å²) < 4.78 is 4.36.